The minimum atomic E-state index is -0.319. The number of carbonyl (C=O) groups excluding carboxylic acids is 1. The van der Waals surface area contributed by atoms with Crippen LogP contribution in [0, 0.1) is 17.6 Å². The highest BCUT2D eigenvalue weighted by Gasteiger charge is 2.44. The van der Waals surface area contributed by atoms with Crippen LogP contribution in [0.5, 0.6) is 0 Å². The van der Waals surface area contributed by atoms with Crippen LogP contribution in [0.2, 0.25) is 0 Å². The Labute approximate surface area is 149 Å². The zero-order chi connectivity index (χ0) is 17.6. The molecule has 3 aromatic rings. The van der Waals surface area contributed by atoms with Crippen molar-refractivity contribution < 1.29 is 4.79 Å². The number of hydrogen-bond acceptors (Lipinski definition) is 3. The summed E-state index contributed by atoms with van der Waals surface area (Å²) in [6, 6.07) is 15.3. The van der Waals surface area contributed by atoms with E-state index >= 15 is 0 Å². The first kappa shape index (κ1) is 15.8. The largest absolute Gasteiger partial charge is 0.330 e. The molecule has 6 heteroatoms. The van der Waals surface area contributed by atoms with Gasteiger partial charge < -0.3 is 4.98 Å². The molecule has 1 fully saturated rings. The van der Waals surface area contributed by atoms with E-state index in [1.54, 1.807) is 18.2 Å². The minimum absolute atomic E-state index is 0.129. The number of aryl methyl sites for hydroxylation is 1. The summed E-state index contributed by atoms with van der Waals surface area (Å²) >= 11 is 5.22. The SMILES string of the molecule is Cc1ccc([C@@H]2C[C@H]2C(=O)Nn2c(=S)[nH]c3ccccc3c2=O)cc1. The molecule has 0 saturated heterocycles. The standard InChI is InChI=1S/C19H17N3O2S/c1-11-6-8-12(9-7-11)14-10-15(14)17(23)21-22-18(24)13-4-2-3-5-16(13)20-19(22)25/h2-9,14-15H,10H2,1H3,(H,20,25)(H,21,23)/t14-,15+/m0/s1. The van der Waals surface area contributed by atoms with Gasteiger partial charge in [-0.25, -0.2) is 0 Å². The Hall–Kier alpha value is -2.73. The fraction of sp³-hybridized carbons (Fsp3) is 0.211. The number of fused-ring (bicyclic) bond motifs is 1. The molecule has 1 amide bonds. The Morgan fingerprint density at radius 2 is 1.92 bits per heavy atom. The topological polar surface area (TPSA) is 66.9 Å². The Kier molecular flexibility index (Phi) is 3.77. The van der Waals surface area contributed by atoms with Gasteiger partial charge in [-0.3, -0.25) is 15.0 Å². The van der Waals surface area contributed by atoms with E-state index in [1.165, 1.54) is 5.56 Å². The second-order valence-electron chi connectivity index (χ2n) is 6.45. The molecule has 0 spiro atoms. The van der Waals surface area contributed by atoms with Crippen LogP contribution in [0.1, 0.15) is 23.5 Å². The summed E-state index contributed by atoms with van der Waals surface area (Å²) in [4.78, 5) is 28.1. The number of aromatic amines is 1. The predicted molar refractivity (Wildman–Crippen MR) is 99.8 cm³/mol. The smallest absolute Gasteiger partial charge is 0.281 e. The molecule has 0 radical (unpaired) electrons. The zero-order valence-corrected chi connectivity index (χ0v) is 14.5. The molecule has 25 heavy (non-hydrogen) atoms. The summed E-state index contributed by atoms with van der Waals surface area (Å²) in [6.45, 7) is 2.04. The molecule has 1 heterocycles. The quantitative estimate of drug-likeness (QED) is 0.712. The van der Waals surface area contributed by atoms with E-state index in [1.807, 2.05) is 25.1 Å². The Morgan fingerprint density at radius 3 is 2.68 bits per heavy atom. The lowest BCUT2D eigenvalue weighted by Gasteiger charge is -2.09. The van der Waals surface area contributed by atoms with Gasteiger partial charge in [0.1, 0.15) is 0 Å². The van der Waals surface area contributed by atoms with Crippen LogP contribution in [0.4, 0.5) is 0 Å². The summed E-state index contributed by atoms with van der Waals surface area (Å²) < 4.78 is 1.31. The summed E-state index contributed by atoms with van der Waals surface area (Å²) in [5.41, 5.74) is 5.36. The molecule has 1 aromatic heterocycles. The average molecular weight is 351 g/mol. The lowest BCUT2D eigenvalue weighted by Crippen LogP contribution is -2.35. The number of nitrogens with one attached hydrogen (secondary N) is 2. The third-order valence-corrected chi connectivity index (χ3v) is 4.94. The third-order valence-electron chi connectivity index (χ3n) is 4.66. The van der Waals surface area contributed by atoms with E-state index < -0.39 is 0 Å². The van der Waals surface area contributed by atoms with Gasteiger partial charge in [0.15, 0.2) is 4.77 Å². The van der Waals surface area contributed by atoms with Crippen molar-refractivity contribution in [2.24, 2.45) is 5.92 Å². The van der Waals surface area contributed by atoms with Crippen molar-refractivity contribution in [3.05, 3.63) is 74.8 Å². The van der Waals surface area contributed by atoms with Gasteiger partial charge in [-0.1, -0.05) is 42.0 Å². The molecule has 4 rings (SSSR count). The molecular formula is C19H17N3O2S. The van der Waals surface area contributed by atoms with Crippen LogP contribution in [-0.4, -0.2) is 15.6 Å². The summed E-state index contributed by atoms with van der Waals surface area (Å²) in [5.74, 6) is -0.104. The molecule has 2 N–H and O–H groups in total. The van der Waals surface area contributed by atoms with Gasteiger partial charge in [-0.15, -0.1) is 0 Å². The third kappa shape index (κ3) is 2.89. The van der Waals surface area contributed by atoms with Crippen molar-refractivity contribution in [1.82, 2.24) is 9.66 Å². The molecule has 1 saturated carbocycles. The molecule has 2 aromatic carbocycles. The lowest BCUT2D eigenvalue weighted by molar-refractivity contribution is -0.118. The number of benzene rings is 2. The van der Waals surface area contributed by atoms with Crippen LogP contribution in [-0.2, 0) is 4.79 Å². The van der Waals surface area contributed by atoms with E-state index in [4.69, 9.17) is 12.2 Å². The monoisotopic (exact) mass is 351 g/mol. The Bertz CT molecular complexity index is 1080. The maximum Gasteiger partial charge on any atom is 0.281 e. The number of aromatic nitrogens is 2. The predicted octanol–water partition coefficient (Wildman–Crippen LogP) is 3.24. The first-order chi connectivity index (χ1) is 12.0. The number of nitrogens with zero attached hydrogens (tertiary/aromatic N) is 1. The average Bonchev–Trinajstić information content (AvgIpc) is 3.40. The van der Waals surface area contributed by atoms with Crippen molar-refractivity contribution >= 4 is 29.0 Å². The molecule has 2 atom stereocenters. The van der Waals surface area contributed by atoms with E-state index in [0.717, 1.165) is 16.7 Å². The maximum atomic E-state index is 12.6. The molecule has 1 aliphatic rings. The molecule has 1 aliphatic carbocycles. The van der Waals surface area contributed by atoms with Crippen molar-refractivity contribution in [3.63, 3.8) is 0 Å². The van der Waals surface area contributed by atoms with Gasteiger partial charge in [-0.2, -0.15) is 4.68 Å². The molecule has 5 nitrogen and oxygen atoms in total. The van der Waals surface area contributed by atoms with E-state index in [9.17, 15) is 9.59 Å². The molecule has 126 valence electrons. The second kappa shape index (κ2) is 5.97. The van der Waals surface area contributed by atoms with Crippen LogP contribution in [0.3, 0.4) is 0 Å². The van der Waals surface area contributed by atoms with Crippen molar-refractivity contribution in [2.45, 2.75) is 19.3 Å². The van der Waals surface area contributed by atoms with Crippen LogP contribution < -0.4 is 11.0 Å². The number of H-pyrrole nitrogens is 1. The van der Waals surface area contributed by atoms with E-state index in [0.29, 0.717) is 10.9 Å². The molecular weight excluding hydrogens is 334 g/mol. The Balaban J connectivity index is 1.58. The highest BCUT2D eigenvalue weighted by molar-refractivity contribution is 7.71. The fourth-order valence-electron chi connectivity index (χ4n) is 3.12. The molecule has 0 bridgehead atoms. The highest BCUT2D eigenvalue weighted by Crippen LogP contribution is 2.47. The number of hydrogen-bond donors (Lipinski definition) is 2. The van der Waals surface area contributed by atoms with Crippen LogP contribution >= 0.6 is 12.2 Å². The second-order valence-corrected chi connectivity index (χ2v) is 6.84. The van der Waals surface area contributed by atoms with E-state index in [2.05, 4.69) is 22.5 Å². The summed E-state index contributed by atoms with van der Waals surface area (Å²) in [5, 5.41) is 0.488. The maximum absolute atomic E-state index is 12.6. The van der Waals surface area contributed by atoms with Gasteiger partial charge in [0.2, 0.25) is 5.91 Å². The van der Waals surface area contributed by atoms with Crippen molar-refractivity contribution in [3.8, 4) is 0 Å². The highest BCUT2D eigenvalue weighted by atomic mass is 32.1. The van der Waals surface area contributed by atoms with Gasteiger partial charge in [0.25, 0.3) is 5.56 Å². The van der Waals surface area contributed by atoms with Gasteiger partial charge in [0, 0.05) is 5.92 Å². The minimum Gasteiger partial charge on any atom is -0.330 e. The Morgan fingerprint density at radius 1 is 1.20 bits per heavy atom. The lowest BCUT2D eigenvalue weighted by atomic mass is 10.1. The zero-order valence-electron chi connectivity index (χ0n) is 13.7. The van der Waals surface area contributed by atoms with Gasteiger partial charge >= 0.3 is 0 Å². The molecule has 0 aliphatic heterocycles. The normalized spacial score (nSPS) is 18.9. The first-order valence-corrected chi connectivity index (χ1v) is 8.57. The van der Waals surface area contributed by atoms with Crippen LogP contribution in [0.15, 0.2) is 53.3 Å². The van der Waals surface area contributed by atoms with Gasteiger partial charge in [0.05, 0.1) is 10.9 Å². The van der Waals surface area contributed by atoms with Crippen molar-refractivity contribution in [1.29, 1.82) is 0 Å². The summed E-state index contributed by atoms with van der Waals surface area (Å²) in [7, 11) is 0. The fourth-order valence-corrected chi connectivity index (χ4v) is 3.36. The summed E-state index contributed by atoms with van der Waals surface area (Å²) in [6.07, 6.45) is 0.785. The number of carbonyl (C=O) groups is 1. The van der Waals surface area contributed by atoms with Crippen LogP contribution in [0.25, 0.3) is 10.9 Å². The van der Waals surface area contributed by atoms with Crippen molar-refractivity contribution in [2.75, 3.05) is 5.43 Å². The van der Waals surface area contributed by atoms with Gasteiger partial charge in [-0.05, 0) is 49.2 Å². The number of amides is 1. The number of para-hydroxylation sites is 1. The number of rotatable bonds is 3. The first-order valence-electron chi connectivity index (χ1n) is 8.16. The van der Waals surface area contributed by atoms with E-state index in [-0.39, 0.29) is 28.1 Å². The molecule has 0 unspecified atom stereocenters.